The molecule has 0 bridgehead atoms. The van der Waals surface area contributed by atoms with Gasteiger partial charge in [-0.3, -0.25) is 0 Å². The van der Waals surface area contributed by atoms with E-state index in [9.17, 15) is 0 Å². The summed E-state index contributed by atoms with van der Waals surface area (Å²) in [5.74, 6) is 0. The average Bonchev–Trinajstić information content (AvgIpc) is 0. The smallest absolute Gasteiger partial charge is 0.870 e. The summed E-state index contributed by atoms with van der Waals surface area (Å²) in [5.41, 5.74) is 0. The van der Waals surface area contributed by atoms with Gasteiger partial charge in [-0.25, -0.2) is 0 Å². The van der Waals surface area contributed by atoms with E-state index in [0.29, 0.717) is 0 Å². The number of rotatable bonds is 0. The Balaban J connectivity index is 0. The van der Waals surface area contributed by atoms with Crippen molar-refractivity contribution in [3.63, 3.8) is 0 Å². The first-order valence-corrected chi connectivity index (χ1v) is 0. The molecule has 0 unspecified atom stereocenters. The molecule has 0 saturated carbocycles. The van der Waals surface area contributed by atoms with Gasteiger partial charge in [0, 0.05) is 0 Å². The van der Waals surface area contributed by atoms with Gasteiger partial charge in [-0.05, 0) is 0 Å². The second-order valence-corrected chi connectivity index (χ2v) is 0. The predicted molar refractivity (Wildman–Crippen MR) is 15.4 cm³/mol. The van der Waals surface area contributed by atoms with E-state index in [1.807, 2.05) is 0 Å². The van der Waals surface area contributed by atoms with E-state index in [1.165, 1.54) is 0 Å². The molecule has 1 radical (unpaired) electrons. The summed E-state index contributed by atoms with van der Waals surface area (Å²) in [6, 6.07) is 0. The number of hydrogen-bond donors (Lipinski definition) is 0. The molecule has 5 nitrogen and oxygen atoms in total. The van der Waals surface area contributed by atoms with Gasteiger partial charge in [0.1, 0.15) is 0 Å². The first-order chi connectivity index (χ1) is 0. The van der Waals surface area contributed by atoms with Crippen LogP contribution in [0.5, 0.6) is 0 Å². The molecular weight excluding hydrogens is 357 g/mol. The van der Waals surface area contributed by atoms with E-state index in [2.05, 4.69) is 0 Å². The topological polar surface area (TPSA) is 150 Å². The summed E-state index contributed by atoms with van der Waals surface area (Å²) >= 11 is 0. The standard InChI is InChI=1S/Ba.Ce.5H2O/h;;5*1H2/q+2;+3;;;;;/p-5. The molecule has 0 aliphatic carbocycles. The van der Waals surface area contributed by atoms with Crippen molar-refractivity contribution in [2.24, 2.45) is 0 Å². The third-order valence-corrected chi connectivity index (χ3v) is 0. The van der Waals surface area contributed by atoms with Gasteiger partial charge in [0.2, 0.25) is 0 Å². The molecule has 41 valence electrons. The monoisotopic (exact) mass is 363 g/mol. The summed E-state index contributed by atoms with van der Waals surface area (Å²) in [5, 5.41) is 0. The van der Waals surface area contributed by atoms with E-state index >= 15 is 0 Å². The molecule has 0 spiro atoms. The van der Waals surface area contributed by atoms with Gasteiger partial charge in [0.25, 0.3) is 0 Å². The average molecular weight is 362 g/mol. The molecule has 0 aliphatic rings. The van der Waals surface area contributed by atoms with Crippen LogP contribution in [0, 0.1) is 41.7 Å². The van der Waals surface area contributed by atoms with Crippen LogP contribution in [0.25, 0.3) is 0 Å². The Morgan fingerprint density at radius 1 is 0.429 bits per heavy atom. The van der Waals surface area contributed by atoms with Crippen LogP contribution in [-0.2, 0) is 0 Å². The van der Waals surface area contributed by atoms with Crippen molar-refractivity contribution in [2.45, 2.75) is 0 Å². The van der Waals surface area contributed by atoms with Crippen molar-refractivity contribution < 1.29 is 69.1 Å². The maximum absolute atomic E-state index is 0. The van der Waals surface area contributed by atoms with Crippen LogP contribution in [-0.4, -0.2) is 76.3 Å². The Hall–Kier alpha value is 2.75. The van der Waals surface area contributed by atoms with Gasteiger partial charge < -0.3 is 27.4 Å². The molecule has 0 heterocycles. The Labute approximate surface area is 115 Å². The molecule has 0 rings (SSSR count). The minimum atomic E-state index is 0. The van der Waals surface area contributed by atoms with Gasteiger partial charge in [-0.1, -0.05) is 0 Å². The fraction of sp³-hybridized carbons (Fsp3) is 0. The van der Waals surface area contributed by atoms with Crippen LogP contribution in [0.1, 0.15) is 0 Å². The summed E-state index contributed by atoms with van der Waals surface area (Å²) in [6.07, 6.45) is 0. The zero-order valence-corrected chi connectivity index (χ0v) is 11.0. The van der Waals surface area contributed by atoms with Crippen molar-refractivity contribution in [3.8, 4) is 0 Å². The Kier molecular flexibility index (Phi) is 981. The van der Waals surface area contributed by atoms with Crippen molar-refractivity contribution in [1.29, 1.82) is 0 Å². The van der Waals surface area contributed by atoms with Gasteiger partial charge in [0.15, 0.2) is 0 Å². The van der Waals surface area contributed by atoms with Crippen LogP contribution < -0.4 is 0 Å². The molecule has 7 heavy (non-hydrogen) atoms. The van der Waals surface area contributed by atoms with Crippen LogP contribution in [0.2, 0.25) is 0 Å². The largest absolute Gasteiger partial charge is 3.00 e. The summed E-state index contributed by atoms with van der Waals surface area (Å²) in [7, 11) is 0. The van der Waals surface area contributed by atoms with Crippen LogP contribution in [0.3, 0.4) is 0 Å². The quantitative estimate of drug-likeness (QED) is 0.492. The first kappa shape index (κ1) is 98.8. The van der Waals surface area contributed by atoms with E-state index in [-0.39, 0.29) is 118 Å². The summed E-state index contributed by atoms with van der Waals surface area (Å²) in [6.45, 7) is 0. The summed E-state index contributed by atoms with van der Waals surface area (Å²) in [4.78, 5) is 0. The van der Waals surface area contributed by atoms with Gasteiger partial charge in [-0.2, -0.15) is 0 Å². The van der Waals surface area contributed by atoms with Crippen LogP contribution in [0.15, 0.2) is 0 Å². The van der Waals surface area contributed by atoms with Gasteiger partial charge >= 0.3 is 90.6 Å². The molecule has 0 aromatic carbocycles. The van der Waals surface area contributed by atoms with Crippen molar-refractivity contribution in [1.82, 2.24) is 0 Å². The third kappa shape index (κ3) is 52.7. The molecule has 0 fully saturated rings. The predicted octanol–water partition coefficient (Wildman–Crippen LogP) is -1.26. The fourth-order valence-corrected chi connectivity index (χ4v) is 0. The molecule has 0 aromatic heterocycles. The molecule has 7 heteroatoms. The van der Waals surface area contributed by atoms with E-state index in [0.717, 1.165) is 0 Å². The number of hydrogen-bond acceptors (Lipinski definition) is 5. The zero-order valence-electron chi connectivity index (χ0n) is 3.44. The fourth-order valence-electron chi connectivity index (χ4n) is 0. The molecule has 0 saturated heterocycles. The minimum Gasteiger partial charge on any atom is -0.870 e. The van der Waals surface area contributed by atoms with Crippen LogP contribution in [0.4, 0.5) is 0 Å². The molecular formula is H5BaCeO5. The Morgan fingerprint density at radius 3 is 0.429 bits per heavy atom. The molecule has 0 aliphatic heterocycles. The maximum atomic E-state index is 0. The second kappa shape index (κ2) is 69.5. The second-order valence-electron chi connectivity index (χ2n) is 0. The maximum Gasteiger partial charge on any atom is 3.00 e. The van der Waals surface area contributed by atoms with Gasteiger partial charge in [-0.15, -0.1) is 0 Å². The third-order valence-electron chi connectivity index (χ3n) is 0. The Morgan fingerprint density at radius 2 is 0.429 bits per heavy atom. The van der Waals surface area contributed by atoms with Gasteiger partial charge in [0.05, 0.1) is 0 Å². The Bertz CT molecular complexity index is 8.04. The minimum absolute atomic E-state index is 0. The normalized spacial score (nSPS) is 0. The van der Waals surface area contributed by atoms with E-state index in [1.54, 1.807) is 0 Å². The van der Waals surface area contributed by atoms with Crippen LogP contribution >= 0.6 is 0 Å². The molecule has 0 aromatic rings. The van der Waals surface area contributed by atoms with Crippen molar-refractivity contribution in [3.05, 3.63) is 0 Å². The molecule has 0 atom stereocenters. The molecule has 5 N–H and O–H groups in total. The van der Waals surface area contributed by atoms with Crippen molar-refractivity contribution in [2.75, 3.05) is 0 Å². The summed E-state index contributed by atoms with van der Waals surface area (Å²) < 4.78 is 0. The van der Waals surface area contributed by atoms with E-state index < -0.39 is 0 Å². The van der Waals surface area contributed by atoms with Crippen molar-refractivity contribution >= 4 is 48.9 Å². The SMILES string of the molecule is [Ba+2].[Ce+3].[OH-].[OH-].[OH-].[OH-].[OH-]. The first-order valence-electron chi connectivity index (χ1n) is 0. The molecule has 0 amide bonds. The van der Waals surface area contributed by atoms with E-state index in [4.69, 9.17) is 0 Å². The zero-order chi connectivity index (χ0) is 0.